The lowest BCUT2D eigenvalue weighted by atomic mass is 10.1. The van der Waals surface area contributed by atoms with E-state index in [4.69, 9.17) is 10.8 Å². The predicted molar refractivity (Wildman–Crippen MR) is 46.2 cm³/mol. The van der Waals surface area contributed by atoms with Crippen molar-refractivity contribution >= 4 is 23.3 Å². The smallest absolute Gasteiger partial charge is 0.326 e. The van der Waals surface area contributed by atoms with Gasteiger partial charge in [0.1, 0.15) is 6.04 Å². The van der Waals surface area contributed by atoms with Crippen molar-refractivity contribution in [3.63, 3.8) is 0 Å². The van der Waals surface area contributed by atoms with Gasteiger partial charge >= 0.3 is 5.97 Å². The summed E-state index contributed by atoms with van der Waals surface area (Å²) in [6.07, 6.45) is 0. The Morgan fingerprint density at radius 2 is 2.09 bits per heavy atom. The van der Waals surface area contributed by atoms with Crippen LogP contribution in [0.15, 0.2) is 0 Å². The minimum atomic E-state index is -0.937. The molecule has 64 valence electrons. The van der Waals surface area contributed by atoms with E-state index in [-0.39, 0.29) is 11.0 Å². The van der Waals surface area contributed by atoms with Gasteiger partial charge < -0.3 is 16.2 Å². The first-order chi connectivity index (χ1) is 4.95. The SMILES string of the molecule is CC(C)C(NC(N)=S)C(=O)O. The van der Waals surface area contributed by atoms with Gasteiger partial charge in [0.2, 0.25) is 0 Å². The lowest BCUT2D eigenvalue weighted by Crippen LogP contribution is -2.46. The molecule has 4 N–H and O–H groups in total. The third-order valence-corrected chi connectivity index (χ3v) is 1.35. The van der Waals surface area contributed by atoms with Crippen LogP contribution in [-0.2, 0) is 4.79 Å². The highest BCUT2D eigenvalue weighted by Crippen LogP contribution is 2.00. The van der Waals surface area contributed by atoms with E-state index in [1.807, 2.05) is 0 Å². The molecule has 0 aromatic heterocycles. The van der Waals surface area contributed by atoms with Gasteiger partial charge in [-0.3, -0.25) is 0 Å². The molecule has 0 aromatic carbocycles. The van der Waals surface area contributed by atoms with Crippen molar-refractivity contribution in [3.8, 4) is 0 Å². The number of hydrogen-bond acceptors (Lipinski definition) is 2. The summed E-state index contributed by atoms with van der Waals surface area (Å²) < 4.78 is 0. The van der Waals surface area contributed by atoms with Crippen molar-refractivity contribution in [2.24, 2.45) is 11.7 Å². The summed E-state index contributed by atoms with van der Waals surface area (Å²) in [5.74, 6) is -0.971. The van der Waals surface area contributed by atoms with Crippen molar-refractivity contribution in [2.45, 2.75) is 19.9 Å². The molecule has 0 amide bonds. The first-order valence-electron chi connectivity index (χ1n) is 3.24. The number of carboxylic acid groups (broad SMARTS) is 1. The topological polar surface area (TPSA) is 75.3 Å². The van der Waals surface area contributed by atoms with Gasteiger partial charge in [0.05, 0.1) is 0 Å². The molecule has 0 saturated carbocycles. The number of rotatable bonds is 3. The van der Waals surface area contributed by atoms with Gasteiger partial charge in [-0.25, -0.2) is 4.79 Å². The van der Waals surface area contributed by atoms with Crippen molar-refractivity contribution in [1.82, 2.24) is 5.32 Å². The fraction of sp³-hybridized carbons (Fsp3) is 0.667. The van der Waals surface area contributed by atoms with Crippen LogP contribution in [0, 0.1) is 5.92 Å². The van der Waals surface area contributed by atoms with Crippen LogP contribution < -0.4 is 11.1 Å². The molecule has 0 spiro atoms. The lowest BCUT2D eigenvalue weighted by molar-refractivity contribution is -0.140. The van der Waals surface area contributed by atoms with E-state index < -0.39 is 12.0 Å². The molecule has 5 heteroatoms. The monoisotopic (exact) mass is 176 g/mol. The van der Waals surface area contributed by atoms with E-state index in [1.54, 1.807) is 13.8 Å². The summed E-state index contributed by atoms with van der Waals surface area (Å²) in [6.45, 7) is 3.56. The third-order valence-electron chi connectivity index (χ3n) is 1.23. The zero-order valence-electron chi connectivity index (χ0n) is 6.50. The Kier molecular flexibility index (Phi) is 3.81. The number of carbonyl (C=O) groups is 1. The molecule has 1 unspecified atom stereocenters. The van der Waals surface area contributed by atoms with Gasteiger partial charge in [-0.05, 0) is 18.1 Å². The van der Waals surface area contributed by atoms with Crippen LogP contribution in [0.2, 0.25) is 0 Å². The minimum Gasteiger partial charge on any atom is -0.480 e. The fourth-order valence-corrected chi connectivity index (χ4v) is 0.794. The Morgan fingerprint density at radius 3 is 2.18 bits per heavy atom. The molecule has 0 aliphatic carbocycles. The number of nitrogens with two attached hydrogens (primary N) is 1. The fourth-order valence-electron chi connectivity index (χ4n) is 0.667. The summed E-state index contributed by atoms with van der Waals surface area (Å²) in [5, 5.41) is 11.1. The Bertz CT molecular complexity index is 170. The zero-order valence-corrected chi connectivity index (χ0v) is 7.31. The molecule has 0 heterocycles. The maximum atomic E-state index is 10.5. The summed E-state index contributed by atoms with van der Waals surface area (Å²) in [6, 6.07) is -0.688. The van der Waals surface area contributed by atoms with Crippen molar-refractivity contribution in [1.29, 1.82) is 0 Å². The van der Waals surface area contributed by atoms with Crippen LogP contribution in [-0.4, -0.2) is 22.2 Å². The highest BCUT2D eigenvalue weighted by atomic mass is 32.1. The number of thiocarbonyl (C=S) groups is 1. The second kappa shape index (κ2) is 4.12. The predicted octanol–water partition coefficient (Wildman–Crippen LogP) is -0.0712. The molecule has 0 saturated heterocycles. The number of nitrogens with one attached hydrogen (secondary N) is 1. The van der Waals surface area contributed by atoms with E-state index in [1.165, 1.54) is 0 Å². The largest absolute Gasteiger partial charge is 0.480 e. The van der Waals surface area contributed by atoms with E-state index in [2.05, 4.69) is 17.5 Å². The van der Waals surface area contributed by atoms with Gasteiger partial charge in [0, 0.05) is 0 Å². The molecular weight excluding hydrogens is 164 g/mol. The normalized spacial score (nSPS) is 12.6. The summed E-state index contributed by atoms with van der Waals surface area (Å²) >= 11 is 4.51. The first-order valence-corrected chi connectivity index (χ1v) is 3.64. The average molecular weight is 176 g/mol. The lowest BCUT2D eigenvalue weighted by Gasteiger charge is -2.17. The Hall–Kier alpha value is -0.840. The second-order valence-corrected chi connectivity index (χ2v) is 3.01. The molecule has 0 aliphatic heterocycles. The van der Waals surface area contributed by atoms with E-state index in [0.717, 1.165) is 0 Å². The molecule has 1 atom stereocenters. The van der Waals surface area contributed by atoms with E-state index >= 15 is 0 Å². The molecule has 0 bridgehead atoms. The number of aliphatic carboxylic acids is 1. The molecule has 0 radical (unpaired) electrons. The Morgan fingerprint density at radius 1 is 1.64 bits per heavy atom. The van der Waals surface area contributed by atoms with Gasteiger partial charge in [0.25, 0.3) is 0 Å². The maximum Gasteiger partial charge on any atom is 0.326 e. The second-order valence-electron chi connectivity index (χ2n) is 2.57. The van der Waals surface area contributed by atoms with Crippen LogP contribution >= 0.6 is 12.2 Å². The van der Waals surface area contributed by atoms with Crippen LogP contribution in [0.25, 0.3) is 0 Å². The number of carboxylic acids is 1. The first kappa shape index (κ1) is 10.2. The summed E-state index contributed by atoms with van der Waals surface area (Å²) in [4.78, 5) is 10.5. The van der Waals surface area contributed by atoms with E-state index in [9.17, 15) is 4.79 Å². The van der Waals surface area contributed by atoms with E-state index in [0.29, 0.717) is 0 Å². The third kappa shape index (κ3) is 3.77. The molecular formula is C6H12N2O2S. The molecule has 0 fully saturated rings. The quantitative estimate of drug-likeness (QED) is 0.525. The highest BCUT2D eigenvalue weighted by molar-refractivity contribution is 7.80. The van der Waals surface area contributed by atoms with Gasteiger partial charge in [0.15, 0.2) is 5.11 Å². The summed E-state index contributed by atoms with van der Waals surface area (Å²) in [7, 11) is 0. The van der Waals surface area contributed by atoms with Crippen molar-refractivity contribution in [3.05, 3.63) is 0 Å². The zero-order chi connectivity index (χ0) is 9.02. The van der Waals surface area contributed by atoms with Gasteiger partial charge in [-0.1, -0.05) is 13.8 Å². The molecule has 0 aromatic rings. The van der Waals surface area contributed by atoms with Crippen LogP contribution in [0.4, 0.5) is 0 Å². The molecule has 0 rings (SSSR count). The molecule has 4 nitrogen and oxygen atoms in total. The standard InChI is InChI=1S/C6H12N2O2S/c1-3(2)4(5(9)10)8-6(7)11/h3-4H,1-2H3,(H,9,10)(H3,7,8,11). The van der Waals surface area contributed by atoms with Crippen molar-refractivity contribution < 1.29 is 9.90 Å². The Labute approximate surface area is 70.8 Å². The van der Waals surface area contributed by atoms with Gasteiger partial charge in [-0.15, -0.1) is 0 Å². The average Bonchev–Trinajstić information content (AvgIpc) is 1.81. The highest BCUT2D eigenvalue weighted by Gasteiger charge is 2.20. The molecule has 11 heavy (non-hydrogen) atoms. The van der Waals surface area contributed by atoms with Crippen LogP contribution in [0.5, 0.6) is 0 Å². The minimum absolute atomic E-state index is 0.0195. The molecule has 0 aliphatic rings. The Balaban J connectivity index is 4.12. The van der Waals surface area contributed by atoms with Gasteiger partial charge in [-0.2, -0.15) is 0 Å². The summed E-state index contributed by atoms with van der Waals surface area (Å²) in [5.41, 5.74) is 5.13. The number of hydrogen-bond donors (Lipinski definition) is 3. The maximum absolute atomic E-state index is 10.5. The van der Waals surface area contributed by atoms with Crippen LogP contribution in [0.3, 0.4) is 0 Å². The van der Waals surface area contributed by atoms with Crippen molar-refractivity contribution in [2.75, 3.05) is 0 Å². The van der Waals surface area contributed by atoms with Crippen LogP contribution in [0.1, 0.15) is 13.8 Å².